The topological polar surface area (TPSA) is 0 Å². The van der Waals surface area contributed by atoms with E-state index < -0.39 is 0 Å². The molecule has 0 saturated heterocycles. The minimum absolute atomic E-state index is 0. The van der Waals surface area contributed by atoms with Crippen molar-refractivity contribution in [1.29, 1.82) is 0 Å². The van der Waals surface area contributed by atoms with E-state index in [2.05, 4.69) is 0 Å². The van der Waals surface area contributed by atoms with E-state index in [0.29, 0.717) is 0 Å². The molecule has 0 aromatic heterocycles. The molecule has 0 fully saturated rings. The SMILES string of the molecule is I.I.[Ru].c1ccccc1. The van der Waals surface area contributed by atoms with Gasteiger partial charge in [-0.2, -0.15) is 0 Å². The van der Waals surface area contributed by atoms with E-state index in [9.17, 15) is 0 Å². The Labute approximate surface area is 103 Å². The zero-order chi connectivity index (χ0) is 4.24. The van der Waals surface area contributed by atoms with Gasteiger partial charge in [0, 0.05) is 19.5 Å². The van der Waals surface area contributed by atoms with Gasteiger partial charge >= 0.3 is 0 Å². The van der Waals surface area contributed by atoms with Gasteiger partial charge in [0.2, 0.25) is 0 Å². The molecule has 1 rings (SSSR count). The van der Waals surface area contributed by atoms with Crippen molar-refractivity contribution in [2.24, 2.45) is 0 Å². The first-order valence-electron chi connectivity index (χ1n) is 2.00. The normalized spacial score (nSPS) is 5.33. The third-order valence-corrected chi connectivity index (χ3v) is 0.667. The van der Waals surface area contributed by atoms with Crippen LogP contribution in [0.4, 0.5) is 0 Å². The van der Waals surface area contributed by atoms with Crippen LogP contribution in [0, 0.1) is 0 Å². The van der Waals surface area contributed by atoms with Crippen molar-refractivity contribution >= 4 is 48.0 Å². The Balaban J connectivity index is -0.000000120. The summed E-state index contributed by atoms with van der Waals surface area (Å²) in [4.78, 5) is 0. The molecular weight excluding hydrogens is 427 g/mol. The van der Waals surface area contributed by atoms with Crippen LogP contribution in [0.3, 0.4) is 0 Å². The second-order valence-corrected chi connectivity index (χ2v) is 1.15. The molecule has 0 amide bonds. The molecule has 0 unspecified atom stereocenters. The zero-order valence-corrected chi connectivity index (χ0v) is 11.0. The fourth-order valence-corrected chi connectivity index (χ4v) is 0.385. The first-order valence-corrected chi connectivity index (χ1v) is 2.00. The van der Waals surface area contributed by atoms with Gasteiger partial charge in [0.05, 0.1) is 0 Å². The summed E-state index contributed by atoms with van der Waals surface area (Å²) in [6, 6.07) is 12.0. The van der Waals surface area contributed by atoms with Gasteiger partial charge in [-0.3, -0.25) is 0 Å². The second-order valence-electron chi connectivity index (χ2n) is 1.15. The van der Waals surface area contributed by atoms with Crippen LogP contribution in [0.1, 0.15) is 0 Å². The molecule has 0 aliphatic carbocycles. The molecule has 0 N–H and O–H groups in total. The van der Waals surface area contributed by atoms with Crippen LogP contribution in [0.25, 0.3) is 0 Å². The molecule has 0 atom stereocenters. The van der Waals surface area contributed by atoms with Crippen molar-refractivity contribution < 1.29 is 19.5 Å². The number of benzene rings is 1. The van der Waals surface area contributed by atoms with E-state index in [-0.39, 0.29) is 67.4 Å². The van der Waals surface area contributed by atoms with Gasteiger partial charge in [-0.05, 0) is 0 Å². The average molecular weight is 435 g/mol. The van der Waals surface area contributed by atoms with Crippen LogP contribution < -0.4 is 0 Å². The summed E-state index contributed by atoms with van der Waals surface area (Å²) >= 11 is 0. The second kappa shape index (κ2) is 12.0. The van der Waals surface area contributed by atoms with Crippen molar-refractivity contribution in [2.75, 3.05) is 0 Å². The summed E-state index contributed by atoms with van der Waals surface area (Å²) in [6.45, 7) is 0. The predicted molar refractivity (Wildman–Crippen MR) is 57.3 cm³/mol. The standard InChI is InChI=1S/C6H6.2HI.Ru/c1-2-4-6-5-3-1;;;/h1-6H;2*1H;. The van der Waals surface area contributed by atoms with Gasteiger partial charge in [-0.15, -0.1) is 48.0 Å². The summed E-state index contributed by atoms with van der Waals surface area (Å²) in [6.07, 6.45) is 0. The summed E-state index contributed by atoms with van der Waals surface area (Å²) in [5, 5.41) is 0. The third-order valence-electron chi connectivity index (χ3n) is 0.667. The maximum Gasteiger partial charge on any atom is 0 e. The van der Waals surface area contributed by atoms with Crippen molar-refractivity contribution in [3.63, 3.8) is 0 Å². The fourth-order valence-electron chi connectivity index (χ4n) is 0.385. The number of halogens is 2. The quantitative estimate of drug-likeness (QED) is 0.435. The summed E-state index contributed by atoms with van der Waals surface area (Å²) in [5.41, 5.74) is 0. The van der Waals surface area contributed by atoms with Gasteiger partial charge in [-0.25, -0.2) is 0 Å². The average Bonchev–Trinajstić information content (AvgIpc) is 1.72. The Morgan fingerprint density at radius 1 is 0.444 bits per heavy atom. The molecule has 1 aromatic rings. The number of hydrogen-bond acceptors (Lipinski definition) is 0. The smallest absolute Gasteiger partial charge is 0 e. The van der Waals surface area contributed by atoms with Crippen LogP contribution in [0.2, 0.25) is 0 Å². The van der Waals surface area contributed by atoms with E-state index in [1.165, 1.54) is 0 Å². The van der Waals surface area contributed by atoms with Crippen molar-refractivity contribution in [2.45, 2.75) is 0 Å². The van der Waals surface area contributed by atoms with Crippen molar-refractivity contribution in [3.05, 3.63) is 36.4 Å². The maximum absolute atomic E-state index is 2.00. The van der Waals surface area contributed by atoms with E-state index in [1.807, 2.05) is 36.4 Å². The zero-order valence-electron chi connectivity index (χ0n) is 4.63. The van der Waals surface area contributed by atoms with Crippen molar-refractivity contribution in [1.82, 2.24) is 0 Å². The molecule has 0 aliphatic heterocycles. The first-order chi connectivity index (χ1) is 3.00. The Morgan fingerprint density at radius 3 is 0.667 bits per heavy atom. The van der Waals surface area contributed by atoms with Gasteiger partial charge < -0.3 is 0 Å². The van der Waals surface area contributed by atoms with E-state index in [0.717, 1.165) is 0 Å². The molecule has 0 spiro atoms. The molecule has 3 heteroatoms. The summed E-state index contributed by atoms with van der Waals surface area (Å²) in [7, 11) is 0. The molecule has 0 saturated carbocycles. The number of hydrogen-bond donors (Lipinski definition) is 0. The molecule has 0 aliphatic rings. The Morgan fingerprint density at radius 2 is 0.556 bits per heavy atom. The predicted octanol–water partition coefficient (Wildman–Crippen LogP) is 2.92. The fraction of sp³-hybridized carbons (Fsp3) is 0. The first kappa shape index (κ1) is 16.7. The van der Waals surface area contributed by atoms with Gasteiger partial charge in [0.1, 0.15) is 0 Å². The summed E-state index contributed by atoms with van der Waals surface area (Å²) in [5.74, 6) is 0. The van der Waals surface area contributed by atoms with Gasteiger partial charge in [0.15, 0.2) is 0 Å². The third kappa shape index (κ3) is 9.30. The van der Waals surface area contributed by atoms with E-state index in [4.69, 9.17) is 0 Å². The largest absolute Gasteiger partial charge is 0.107 e. The molecule has 0 nitrogen and oxygen atoms in total. The van der Waals surface area contributed by atoms with Crippen LogP contribution in [0.5, 0.6) is 0 Å². The van der Waals surface area contributed by atoms with Crippen LogP contribution in [-0.4, -0.2) is 0 Å². The monoisotopic (exact) mass is 436 g/mol. The summed E-state index contributed by atoms with van der Waals surface area (Å²) < 4.78 is 0. The van der Waals surface area contributed by atoms with Crippen LogP contribution in [0.15, 0.2) is 36.4 Å². The van der Waals surface area contributed by atoms with Crippen LogP contribution >= 0.6 is 48.0 Å². The minimum Gasteiger partial charge on any atom is -0.107 e. The Bertz CT molecular complexity index is 83.0. The van der Waals surface area contributed by atoms with E-state index in [1.54, 1.807) is 0 Å². The van der Waals surface area contributed by atoms with Gasteiger partial charge in [0.25, 0.3) is 0 Å². The van der Waals surface area contributed by atoms with E-state index >= 15 is 0 Å². The molecule has 9 heavy (non-hydrogen) atoms. The van der Waals surface area contributed by atoms with Gasteiger partial charge in [-0.1, -0.05) is 36.4 Å². The molecule has 54 valence electrons. The van der Waals surface area contributed by atoms with Crippen molar-refractivity contribution in [3.8, 4) is 0 Å². The minimum atomic E-state index is 0. The number of rotatable bonds is 0. The Kier molecular flexibility index (Phi) is 22.3. The molecular formula is C6H8I2Ru. The maximum atomic E-state index is 2.00. The molecule has 0 heterocycles. The molecule has 0 bridgehead atoms. The molecule has 1 aromatic carbocycles. The van der Waals surface area contributed by atoms with Crippen LogP contribution in [-0.2, 0) is 19.5 Å². The Hall–Kier alpha value is 1.30. The molecule has 0 radical (unpaired) electrons.